The molecule has 0 aromatic carbocycles. The van der Waals surface area contributed by atoms with Crippen LogP contribution in [0.25, 0.3) is 0 Å². The van der Waals surface area contributed by atoms with E-state index < -0.39 is 0 Å². The third-order valence-corrected chi connectivity index (χ3v) is 3.91. The molecular weight excluding hydrogens is 179 g/mol. The molecule has 62 valence electrons. The van der Waals surface area contributed by atoms with Gasteiger partial charge in [-0.2, -0.15) is 0 Å². The Morgan fingerprint density at radius 3 is 2.64 bits per heavy atom. The highest BCUT2D eigenvalue weighted by molar-refractivity contribution is 6.28. The molecule has 0 saturated heterocycles. The molecule has 2 heteroatoms. The number of fused-ring (bicyclic) bond motifs is 2. The zero-order valence-corrected chi connectivity index (χ0v) is 7.85. The van der Waals surface area contributed by atoms with Gasteiger partial charge < -0.3 is 0 Å². The van der Waals surface area contributed by atoms with E-state index in [1.807, 2.05) is 0 Å². The van der Waals surface area contributed by atoms with Gasteiger partial charge in [-0.05, 0) is 30.6 Å². The Hall–Kier alpha value is 0.320. The van der Waals surface area contributed by atoms with Gasteiger partial charge in [-0.25, -0.2) is 0 Å². The molecule has 4 atom stereocenters. The molecule has 0 aromatic heterocycles. The van der Waals surface area contributed by atoms with Crippen molar-refractivity contribution < 1.29 is 0 Å². The van der Waals surface area contributed by atoms with Crippen LogP contribution < -0.4 is 0 Å². The summed E-state index contributed by atoms with van der Waals surface area (Å²) in [7, 11) is 0. The molecule has 0 spiro atoms. The van der Waals surface area contributed by atoms with E-state index in [-0.39, 0.29) is 5.38 Å². The highest BCUT2D eigenvalue weighted by Crippen LogP contribution is 2.46. The minimum Gasteiger partial charge on any atom is -0.125 e. The van der Waals surface area contributed by atoms with E-state index in [4.69, 9.17) is 23.2 Å². The molecule has 3 unspecified atom stereocenters. The number of rotatable bonds is 2. The van der Waals surface area contributed by atoms with Gasteiger partial charge in [0, 0.05) is 5.88 Å². The van der Waals surface area contributed by atoms with Crippen molar-refractivity contribution in [3.63, 3.8) is 0 Å². The largest absolute Gasteiger partial charge is 0.125 e. The summed E-state index contributed by atoms with van der Waals surface area (Å²) in [5.74, 6) is 2.81. The maximum atomic E-state index is 6.10. The van der Waals surface area contributed by atoms with Crippen molar-refractivity contribution in [2.24, 2.45) is 17.8 Å². The molecule has 11 heavy (non-hydrogen) atoms. The fraction of sp³-hybridized carbons (Fsp3) is 0.778. The standard InChI is InChI=1S/C9H12Cl2/c10-5-9(11)8-4-6-1-2-7(8)3-6/h1-2,6-9H,3-5H2/t6?,7?,8-,9?/m1/s1. The minimum atomic E-state index is 0.191. The van der Waals surface area contributed by atoms with Crippen LogP contribution in [-0.2, 0) is 0 Å². The maximum absolute atomic E-state index is 6.10. The first-order valence-electron chi connectivity index (χ1n) is 4.19. The first kappa shape index (κ1) is 7.94. The second kappa shape index (κ2) is 2.99. The van der Waals surface area contributed by atoms with Crippen LogP contribution in [0.1, 0.15) is 12.8 Å². The fourth-order valence-corrected chi connectivity index (χ4v) is 2.87. The lowest BCUT2D eigenvalue weighted by molar-refractivity contribution is 0.443. The average molecular weight is 191 g/mol. The van der Waals surface area contributed by atoms with Gasteiger partial charge >= 0.3 is 0 Å². The van der Waals surface area contributed by atoms with Gasteiger partial charge in [0.2, 0.25) is 0 Å². The molecule has 0 nitrogen and oxygen atoms in total. The predicted molar refractivity (Wildman–Crippen MR) is 49.2 cm³/mol. The number of allylic oxidation sites excluding steroid dienone is 2. The summed E-state index contributed by atoms with van der Waals surface area (Å²) < 4.78 is 0. The van der Waals surface area contributed by atoms with Gasteiger partial charge in [-0.3, -0.25) is 0 Å². The van der Waals surface area contributed by atoms with E-state index in [1.54, 1.807) is 0 Å². The van der Waals surface area contributed by atoms with Crippen LogP contribution in [0.3, 0.4) is 0 Å². The monoisotopic (exact) mass is 190 g/mol. The van der Waals surface area contributed by atoms with E-state index >= 15 is 0 Å². The average Bonchev–Trinajstić information content (AvgIpc) is 2.62. The van der Waals surface area contributed by atoms with Gasteiger partial charge in [0.15, 0.2) is 0 Å². The molecule has 0 aromatic rings. The van der Waals surface area contributed by atoms with Crippen molar-refractivity contribution in [1.82, 2.24) is 0 Å². The van der Waals surface area contributed by atoms with Crippen LogP contribution in [0.4, 0.5) is 0 Å². The Labute approximate surface area is 77.6 Å². The molecule has 2 aliphatic carbocycles. The highest BCUT2D eigenvalue weighted by atomic mass is 35.5. The van der Waals surface area contributed by atoms with E-state index in [0.717, 1.165) is 11.8 Å². The number of halogens is 2. The molecule has 0 aliphatic heterocycles. The molecule has 0 radical (unpaired) electrons. The second-order valence-corrected chi connectivity index (χ2v) is 4.48. The van der Waals surface area contributed by atoms with Crippen molar-refractivity contribution in [3.05, 3.63) is 12.2 Å². The van der Waals surface area contributed by atoms with Crippen LogP contribution >= 0.6 is 23.2 Å². The second-order valence-electron chi connectivity index (χ2n) is 3.61. The Kier molecular flexibility index (Phi) is 2.16. The summed E-state index contributed by atoms with van der Waals surface area (Å²) in [5, 5.41) is 0.191. The molecular formula is C9H12Cl2. The van der Waals surface area contributed by atoms with Crippen LogP contribution in [-0.4, -0.2) is 11.3 Å². The molecule has 2 bridgehead atoms. The topological polar surface area (TPSA) is 0 Å². The van der Waals surface area contributed by atoms with Gasteiger partial charge in [0.05, 0.1) is 5.38 Å². The molecule has 0 N–H and O–H groups in total. The number of hydrogen-bond acceptors (Lipinski definition) is 0. The van der Waals surface area contributed by atoms with Crippen molar-refractivity contribution >= 4 is 23.2 Å². The normalized spacial score (nSPS) is 43.3. The van der Waals surface area contributed by atoms with Gasteiger partial charge in [0.25, 0.3) is 0 Å². The quantitative estimate of drug-likeness (QED) is 0.464. The highest BCUT2D eigenvalue weighted by Gasteiger charge is 2.38. The van der Waals surface area contributed by atoms with Gasteiger partial charge in [-0.1, -0.05) is 12.2 Å². The van der Waals surface area contributed by atoms with Crippen LogP contribution in [0.2, 0.25) is 0 Å². The smallest absolute Gasteiger partial charge is 0.0505 e. The molecule has 0 amide bonds. The molecule has 0 heterocycles. The third-order valence-electron chi connectivity index (χ3n) is 2.94. The molecule has 2 rings (SSSR count). The third kappa shape index (κ3) is 1.31. The Morgan fingerprint density at radius 2 is 2.18 bits per heavy atom. The van der Waals surface area contributed by atoms with Crippen LogP contribution in [0.15, 0.2) is 12.2 Å². The van der Waals surface area contributed by atoms with Crippen molar-refractivity contribution in [3.8, 4) is 0 Å². The summed E-state index contributed by atoms with van der Waals surface area (Å²) in [6, 6.07) is 0. The minimum absolute atomic E-state index is 0.191. The van der Waals surface area contributed by atoms with Crippen molar-refractivity contribution in [1.29, 1.82) is 0 Å². The first-order chi connectivity index (χ1) is 5.31. The summed E-state index contributed by atoms with van der Waals surface area (Å²) in [6.45, 7) is 0. The molecule has 1 saturated carbocycles. The molecule has 1 fully saturated rings. The maximum Gasteiger partial charge on any atom is 0.0505 e. The Morgan fingerprint density at radius 1 is 1.36 bits per heavy atom. The zero-order valence-electron chi connectivity index (χ0n) is 6.34. The van der Waals surface area contributed by atoms with E-state index in [2.05, 4.69) is 12.2 Å². The van der Waals surface area contributed by atoms with Crippen molar-refractivity contribution in [2.45, 2.75) is 18.2 Å². The number of hydrogen-bond donors (Lipinski definition) is 0. The summed E-state index contributed by atoms with van der Waals surface area (Å²) in [4.78, 5) is 0. The Bertz CT molecular complexity index is 176. The summed E-state index contributed by atoms with van der Waals surface area (Å²) in [5.41, 5.74) is 0. The SMILES string of the molecule is ClCC(Cl)[C@@H]1CC2C=CC1C2. The lowest BCUT2D eigenvalue weighted by Crippen LogP contribution is -2.20. The van der Waals surface area contributed by atoms with Gasteiger partial charge in [0.1, 0.15) is 0 Å². The molecule has 2 aliphatic rings. The fourth-order valence-electron chi connectivity index (χ4n) is 2.35. The lowest BCUT2D eigenvalue weighted by atomic mass is 9.91. The van der Waals surface area contributed by atoms with E-state index in [1.165, 1.54) is 12.8 Å². The number of alkyl halides is 2. The lowest BCUT2D eigenvalue weighted by Gasteiger charge is -2.21. The summed E-state index contributed by atoms with van der Waals surface area (Å²) in [6.07, 6.45) is 7.24. The predicted octanol–water partition coefficient (Wildman–Crippen LogP) is 3.04. The first-order valence-corrected chi connectivity index (χ1v) is 5.16. The summed E-state index contributed by atoms with van der Waals surface area (Å²) >= 11 is 11.8. The van der Waals surface area contributed by atoms with E-state index in [9.17, 15) is 0 Å². The van der Waals surface area contributed by atoms with Crippen LogP contribution in [0.5, 0.6) is 0 Å². The van der Waals surface area contributed by atoms with E-state index in [0.29, 0.717) is 11.8 Å². The zero-order chi connectivity index (χ0) is 7.84. The van der Waals surface area contributed by atoms with Crippen LogP contribution in [0, 0.1) is 17.8 Å². The Balaban J connectivity index is 2.02. The van der Waals surface area contributed by atoms with Gasteiger partial charge in [-0.15, -0.1) is 23.2 Å². The van der Waals surface area contributed by atoms with Crippen molar-refractivity contribution in [2.75, 3.05) is 5.88 Å².